The van der Waals surface area contributed by atoms with Crippen LogP contribution in [0.1, 0.15) is 27.2 Å². The van der Waals surface area contributed by atoms with Crippen molar-refractivity contribution in [1.82, 2.24) is 9.80 Å². The number of ether oxygens (including phenoxy) is 1. The molecule has 1 saturated heterocycles. The minimum Gasteiger partial charge on any atom is -0.389 e. The topological polar surface area (TPSA) is 35.9 Å². The second-order valence-corrected chi connectivity index (χ2v) is 5.43. The van der Waals surface area contributed by atoms with Crippen molar-refractivity contribution < 1.29 is 9.84 Å². The number of aliphatic hydroxyl groups is 1. The molecule has 19 heavy (non-hydrogen) atoms. The summed E-state index contributed by atoms with van der Waals surface area (Å²) in [4.78, 5) is 4.71. The van der Waals surface area contributed by atoms with Crippen LogP contribution in [0, 0.1) is 12.3 Å². The number of likely N-dealkylation sites (N-methyl/N-ethyl adjacent to an activating group) is 1. The van der Waals surface area contributed by atoms with Crippen LogP contribution in [0.4, 0.5) is 0 Å². The summed E-state index contributed by atoms with van der Waals surface area (Å²) < 4.78 is 5.65. The Bertz CT molecular complexity index is 295. The average molecular weight is 268 g/mol. The van der Waals surface area contributed by atoms with E-state index in [4.69, 9.17) is 11.2 Å². The summed E-state index contributed by atoms with van der Waals surface area (Å²) in [6.07, 6.45) is 5.74. The van der Waals surface area contributed by atoms with Crippen molar-refractivity contribution >= 4 is 0 Å². The molecular formula is C15H28N2O2. The highest BCUT2D eigenvalue weighted by atomic mass is 16.5. The van der Waals surface area contributed by atoms with Gasteiger partial charge in [0.05, 0.1) is 12.7 Å². The van der Waals surface area contributed by atoms with Crippen LogP contribution in [0.3, 0.4) is 0 Å². The van der Waals surface area contributed by atoms with Crippen molar-refractivity contribution in [2.24, 2.45) is 0 Å². The fourth-order valence-corrected chi connectivity index (χ4v) is 2.16. The third-order valence-corrected chi connectivity index (χ3v) is 3.96. The van der Waals surface area contributed by atoms with Gasteiger partial charge >= 0.3 is 0 Å². The lowest BCUT2D eigenvalue weighted by atomic mass is 10.1. The van der Waals surface area contributed by atoms with E-state index in [1.165, 1.54) is 0 Å². The van der Waals surface area contributed by atoms with Gasteiger partial charge in [-0.2, -0.15) is 0 Å². The van der Waals surface area contributed by atoms with E-state index in [1.807, 2.05) is 13.8 Å². The molecule has 1 fully saturated rings. The van der Waals surface area contributed by atoms with Gasteiger partial charge in [0.2, 0.25) is 0 Å². The first kappa shape index (κ1) is 16.5. The van der Waals surface area contributed by atoms with Gasteiger partial charge in [0.25, 0.3) is 0 Å². The third-order valence-electron chi connectivity index (χ3n) is 3.96. The minimum absolute atomic E-state index is 0.308. The molecule has 0 aromatic heterocycles. The highest BCUT2D eigenvalue weighted by Crippen LogP contribution is 2.14. The van der Waals surface area contributed by atoms with E-state index in [0.29, 0.717) is 13.2 Å². The molecule has 0 unspecified atom stereocenters. The number of aliphatic hydroxyl groups excluding tert-OH is 1. The zero-order chi connectivity index (χ0) is 14.3. The molecule has 1 N–H and O–H groups in total. The molecule has 0 spiro atoms. The summed E-state index contributed by atoms with van der Waals surface area (Å²) in [5.41, 5.74) is -0.554. The van der Waals surface area contributed by atoms with Crippen LogP contribution < -0.4 is 0 Å². The van der Waals surface area contributed by atoms with Crippen LogP contribution in [-0.2, 0) is 4.74 Å². The molecule has 0 radical (unpaired) electrons. The van der Waals surface area contributed by atoms with E-state index in [2.05, 4.69) is 22.6 Å². The maximum absolute atomic E-state index is 10.0. The Hall–Kier alpha value is -0.600. The SMILES string of the molecule is C#C[C@](C)(CC)OC[C@H](O)CN1CCN(CC)CC1. The van der Waals surface area contributed by atoms with E-state index in [-0.39, 0.29) is 0 Å². The Morgan fingerprint density at radius 3 is 2.32 bits per heavy atom. The van der Waals surface area contributed by atoms with E-state index in [9.17, 15) is 5.11 Å². The maximum Gasteiger partial charge on any atom is 0.125 e. The quantitative estimate of drug-likeness (QED) is 0.693. The zero-order valence-corrected chi connectivity index (χ0v) is 12.6. The van der Waals surface area contributed by atoms with E-state index in [1.54, 1.807) is 0 Å². The summed E-state index contributed by atoms with van der Waals surface area (Å²) in [6, 6.07) is 0. The minimum atomic E-state index is -0.554. The van der Waals surface area contributed by atoms with Gasteiger partial charge in [0.1, 0.15) is 5.60 Å². The molecular weight excluding hydrogens is 240 g/mol. The summed E-state index contributed by atoms with van der Waals surface area (Å²) >= 11 is 0. The predicted octanol–water partition coefficient (Wildman–Crippen LogP) is 0.803. The molecule has 1 heterocycles. The first-order chi connectivity index (χ1) is 9.03. The maximum atomic E-state index is 10.0. The Morgan fingerprint density at radius 2 is 1.84 bits per heavy atom. The molecule has 110 valence electrons. The van der Waals surface area contributed by atoms with Gasteiger partial charge in [0, 0.05) is 32.7 Å². The zero-order valence-electron chi connectivity index (χ0n) is 12.6. The summed E-state index contributed by atoms with van der Waals surface area (Å²) in [5.74, 6) is 2.65. The van der Waals surface area contributed by atoms with Crippen molar-refractivity contribution in [3.63, 3.8) is 0 Å². The van der Waals surface area contributed by atoms with Crippen molar-refractivity contribution in [3.8, 4) is 12.3 Å². The van der Waals surface area contributed by atoms with Crippen LogP contribution in [0.15, 0.2) is 0 Å². The van der Waals surface area contributed by atoms with Crippen LogP contribution >= 0.6 is 0 Å². The van der Waals surface area contributed by atoms with Crippen LogP contribution in [0.25, 0.3) is 0 Å². The van der Waals surface area contributed by atoms with Crippen molar-refractivity contribution in [1.29, 1.82) is 0 Å². The number of β-amino-alcohol motifs (C(OH)–C–C–N with tert-alkyl or cyclic N) is 1. The van der Waals surface area contributed by atoms with Crippen molar-refractivity contribution in [2.45, 2.75) is 38.9 Å². The second kappa shape index (κ2) is 7.86. The molecule has 0 aliphatic carbocycles. The van der Waals surface area contributed by atoms with Gasteiger partial charge in [-0.15, -0.1) is 6.42 Å². The van der Waals surface area contributed by atoms with E-state index in [0.717, 1.165) is 39.1 Å². The number of nitrogens with zero attached hydrogens (tertiary/aromatic N) is 2. The molecule has 0 amide bonds. The predicted molar refractivity (Wildman–Crippen MR) is 78.0 cm³/mol. The standard InChI is InChI=1S/C15H28N2O2/c1-5-15(4,6-2)19-13-14(18)12-17-10-8-16(7-3)9-11-17/h1,14,18H,6-13H2,2-4H3/t14-,15-/m1/s1. The van der Waals surface area contributed by atoms with E-state index < -0.39 is 11.7 Å². The molecule has 4 heteroatoms. The number of hydrogen-bond donors (Lipinski definition) is 1. The third kappa shape index (κ3) is 5.50. The van der Waals surface area contributed by atoms with Gasteiger partial charge in [-0.25, -0.2) is 0 Å². The number of terminal acetylenes is 1. The summed E-state index contributed by atoms with van der Waals surface area (Å²) in [7, 11) is 0. The number of hydrogen-bond acceptors (Lipinski definition) is 4. The Kier molecular flexibility index (Phi) is 6.81. The number of rotatable bonds is 7. The number of piperazine rings is 1. The lowest BCUT2D eigenvalue weighted by Gasteiger charge is -2.35. The van der Waals surface area contributed by atoms with Gasteiger partial charge < -0.3 is 14.7 Å². The van der Waals surface area contributed by atoms with Crippen molar-refractivity contribution in [3.05, 3.63) is 0 Å². The molecule has 0 bridgehead atoms. The first-order valence-corrected chi connectivity index (χ1v) is 7.27. The molecule has 1 aliphatic heterocycles. The monoisotopic (exact) mass is 268 g/mol. The first-order valence-electron chi connectivity index (χ1n) is 7.27. The van der Waals surface area contributed by atoms with E-state index >= 15 is 0 Å². The lowest BCUT2D eigenvalue weighted by Crippen LogP contribution is -2.49. The fraction of sp³-hybridized carbons (Fsp3) is 0.867. The highest BCUT2D eigenvalue weighted by Gasteiger charge is 2.23. The molecule has 2 atom stereocenters. The normalized spacial score (nSPS) is 22.7. The smallest absolute Gasteiger partial charge is 0.125 e. The van der Waals surface area contributed by atoms with Crippen molar-refractivity contribution in [2.75, 3.05) is 45.9 Å². The fourth-order valence-electron chi connectivity index (χ4n) is 2.16. The van der Waals surface area contributed by atoms with Gasteiger partial charge in [-0.05, 0) is 19.9 Å². The molecule has 1 rings (SSSR count). The molecule has 1 aliphatic rings. The van der Waals surface area contributed by atoms with Crippen LogP contribution in [0.2, 0.25) is 0 Å². The Labute approximate surface area is 117 Å². The van der Waals surface area contributed by atoms with Crippen LogP contribution in [-0.4, -0.2) is 72.5 Å². The summed E-state index contributed by atoms with van der Waals surface area (Å²) in [6.45, 7) is 12.4. The Morgan fingerprint density at radius 1 is 1.26 bits per heavy atom. The molecule has 4 nitrogen and oxygen atoms in total. The Balaban J connectivity index is 2.25. The lowest BCUT2D eigenvalue weighted by molar-refractivity contribution is -0.0499. The molecule has 0 saturated carbocycles. The van der Waals surface area contributed by atoms with Gasteiger partial charge in [-0.1, -0.05) is 19.8 Å². The van der Waals surface area contributed by atoms with Gasteiger partial charge in [-0.3, -0.25) is 4.90 Å². The largest absolute Gasteiger partial charge is 0.389 e. The summed E-state index contributed by atoms with van der Waals surface area (Å²) in [5, 5.41) is 10.0. The average Bonchev–Trinajstić information content (AvgIpc) is 2.45. The molecule has 0 aromatic carbocycles. The van der Waals surface area contributed by atoms with Crippen LogP contribution in [0.5, 0.6) is 0 Å². The second-order valence-electron chi connectivity index (χ2n) is 5.43. The van der Waals surface area contributed by atoms with Gasteiger partial charge in [0.15, 0.2) is 0 Å². The highest BCUT2D eigenvalue weighted by molar-refractivity contribution is 5.05. The molecule has 0 aromatic rings.